The average Bonchev–Trinajstić information content (AvgIpc) is 3.60. The lowest BCUT2D eigenvalue weighted by atomic mass is 9.93. The third kappa shape index (κ3) is 8.61. The molecule has 0 aliphatic rings. The highest BCUT2D eigenvalue weighted by Gasteiger charge is 2.16. The Morgan fingerprint density at radius 3 is 2.20 bits per heavy atom. The van der Waals surface area contributed by atoms with Gasteiger partial charge in [0.05, 0.1) is 15.9 Å². The SMILES string of the molecule is CC(C)c1cccc(C(C)C)c1NC(=O)NCCc1ccc(Oc2ccc3nc(COc4ccc(Cc5sc(=O)[nH]c5O)cc4)n(C)c3c2)cc1. The fourth-order valence-corrected chi connectivity index (χ4v) is 6.71. The molecule has 6 rings (SSSR count). The van der Waals surface area contributed by atoms with E-state index >= 15 is 0 Å². The molecule has 0 saturated carbocycles. The number of rotatable bonds is 13. The maximum Gasteiger partial charge on any atom is 0.319 e. The van der Waals surface area contributed by atoms with Crippen molar-refractivity contribution < 1.29 is 19.4 Å². The molecule has 2 aromatic heterocycles. The normalized spacial score (nSPS) is 11.4. The number of imidazole rings is 1. The van der Waals surface area contributed by atoms with Crippen LogP contribution in [0.5, 0.6) is 23.1 Å². The number of hydrogen-bond acceptors (Lipinski definition) is 7. The van der Waals surface area contributed by atoms with Crippen LogP contribution >= 0.6 is 11.3 Å². The number of thiazole rings is 1. The molecule has 0 radical (unpaired) electrons. The fraction of sp³-hybridized carbons (Fsp3) is 0.275. The van der Waals surface area contributed by atoms with Crippen molar-refractivity contribution in [3.05, 3.63) is 128 Å². The van der Waals surface area contributed by atoms with Crippen LogP contribution in [0.3, 0.4) is 0 Å². The number of carbonyl (C=O) groups is 1. The second-order valence-corrected chi connectivity index (χ2v) is 14.2. The number of aromatic amines is 1. The van der Waals surface area contributed by atoms with Gasteiger partial charge in [0.25, 0.3) is 0 Å². The summed E-state index contributed by atoms with van der Waals surface area (Å²) in [6.07, 6.45) is 1.15. The molecule has 0 bridgehead atoms. The van der Waals surface area contributed by atoms with E-state index in [2.05, 4.69) is 61.5 Å². The first-order valence-electron chi connectivity index (χ1n) is 17.1. The van der Waals surface area contributed by atoms with Gasteiger partial charge in [-0.3, -0.25) is 9.78 Å². The molecule has 0 unspecified atom stereocenters. The lowest BCUT2D eigenvalue weighted by Crippen LogP contribution is -2.31. The minimum absolute atomic E-state index is 0.0781. The van der Waals surface area contributed by atoms with Crippen molar-refractivity contribution in [3.8, 4) is 23.1 Å². The van der Waals surface area contributed by atoms with E-state index in [4.69, 9.17) is 14.5 Å². The zero-order valence-corrected chi connectivity index (χ0v) is 30.3. The maximum absolute atomic E-state index is 12.8. The van der Waals surface area contributed by atoms with Crippen LogP contribution in [0, 0.1) is 0 Å². The number of nitrogens with one attached hydrogen (secondary N) is 3. The molecule has 10 nitrogen and oxygen atoms in total. The predicted octanol–water partition coefficient (Wildman–Crippen LogP) is 8.60. The summed E-state index contributed by atoms with van der Waals surface area (Å²) in [5.74, 6) is 3.39. The number of urea groups is 1. The first-order valence-corrected chi connectivity index (χ1v) is 17.9. The summed E-state index contributed by atoms with van der Waals surface area (Å²) in [5.41, 5.74) is 6.99. The summed E-state index contributed by atoms with van der Waals surface area (Å²) in [4.78, 5) is 31.8. The molecule has 0 spiro atoms. The van der Waals surface area contributed by atoms with E-state index in [1.807, 2.05) is 78.3 Å². The van der Waals surface area contributed by atoms with Crippen molar-refractivity contribution in [1.29, 1.82) is 0 Å². The van der Waals surface area contributed by atoms with Crippen LogP contribution in [0.4, 0.5) is 10.5 Å². The third-order valence-corrected chi connectivity index (χ3v) is 9.64. The largest absolute Gasteiger partial charge is 0.494 e. The molecule has 0 atom stereocenters. The molecule has 0 saturated heterocycles. The zero-order valence-electron chi connectivity index (χ0n) is 29.4. The van der Waals surface area contributed by atoms with Crippen LogP contribution in [0.25, 0.3) is 11.0 Å². The van der Waals surface area contributed by atoms with Gasteiger partial charge in [-0.1, -0.05) is 81.5 Å². The Kier molecular flexibility index (Phi) is 10.8. The van der Waals surface area contributed by atoms with Crippen LogP contribution in [-0.2, 0) is 26.5 Å². The van der Waals surface area contributed by atoms with Crippen LogP contribution in [-0.4, -0.2) is 32.2 Å². The number of carbonyl (C=O) groups excluding carboxylic acids is 1. The van der Waals surface area contributed by atoms with E-state index in [1.165, 1.54) is 0 Å². The standard InChI is InChI=1S/C40H43N5O5S/c1-24(2)31-7-6-8-32(25(3)4)37(31)43-39(47)41-20-19-26-9-15-29(16-10-26)50-30-17-18-33-34(22-30)45(5)36(42-33)23-49-28-13-11-27(12-14-28)21-35-38(46)44-40(48)51-35/h6-18,22,24-25,46H,19-21,23H2,1-5H3,(H,44,48)(H2,41,43,47). The van der Waals surface area contributed by atoms with Crippen LogP contribution in [0.15, 0.2) is 89.7 Å². The molecule has 51 heavy (non-hydrogen) atoms. The first-order chi connectivity index (χ1) is 24.5. The van der Waals surface area contributed by atoms with E-state index in [0.717, 1.165) is 56.1 Å². The minimum atomic E-state index is -0.272. The monoisotopic (exact) mass is 705 g/mol. The van der Waals surface area contributed by atoms with Crippen LogP contribution in [0.2, 0.25) is 0 Å². The van der Waals surface area contributed by atoms with E-state index in [-0.39, 0.29) is 23.4 Å². The molecule has 2 heterocycles. The molecule has 4 N–H and O–H groups in total. The maximum atomic E-state index is 12.8. The molecule has 6 aromatic rings. The zero-order chi connectivity index (χ0) is 36.1. The Labute approximate surface area is 301 Å². The molecular formula is C40H43N5O5S. The van der Waals surface area contributed by atoms with Gasteiger partial charge in [0, 0.05) is 31.8 Å². The van der Waals surface area contributed by atoms with Crippen LogP contribution in [0.1, 0.15) is 72.5 Å². The third-order valence-electron chi connectivity index (χ3n) is 8.77. The van der Waals surface area contributed by atoms with Gasteiger partial charge in [0.15, 0.2) is 0 Å². The number of aromatic nitrogens is 3. The average molecular weight is 706 g/mol. The Morgan fingerprint density at radius 1 is 0.902 bits per heavy atom. The van der Waals surface area contributed by atoms with Gasteiger partial charge in [-0.25, -0.2) is 9.78 Å². The highest BCUT2D eigenvalue weighted by molar-refractivity contribution is 7.09. The van der Waals surface area contributed by atoms with E-state index in [1.54, 1.807) is 0 Å². The minimum Gasteiger partial charge on any atom is -0.494 e. The number of aryl methyl sites for hydroxylation is 1. The van der Waals surface area contributed by atoms with E-state index in [9.17, 15) is 14.7 Å². The van der Waals surface area contributed by atoms with Gasteiger partial charge in [-0.15, -0.1) is 0 Å². The smallest absolute Gasteiger partial charge is 0.319 e. The van der Waals surface area contributed by atoms with E-state index < -0.39 is 0 Å². The number of nitrogens with zero attached hydrogens (tertiary/aromatic N) is 2. The number of amides is 2. The van der Waals surface area contributed by atoms with Crippen molar-refractivity contribution in [2.75, 3.05) is 11.9 Å². The summed E-state index contributed by atoms with van der Waals surface area (Å²) >= 11 is 1.01. The number of ether oxygens (including phenoxy) is 2. The molecule has 264 valence electrons. The Morgan fingerprint density at radius 2 is 1.55 bits per heavy atom. The molecule has 0 aliphatic heterocycles. The quantitative estimate of drug-likeness (QED) is 0.0952. The van der Waals surface area contributed by atoms with Crippen molar-refractivity contribution in [3.63, 3.8) is 0 Å². The molecule has 4 aromatic carbocycles. The van der Waals surface area contributed by atoms with Gasteiger partial charge in [-0.2, -0.15) is 0 Å². The van der Waals surface area contributed by atoms with Crippen molar-refractivity contribution >= 4 is 34.1 Å². The predicted molar refractivity (Wildman–Crippen MR) is 203 cm³/mol. The van der Waals surface area contributed by atoms with Gasteiger partial charge in [0.2, 0.25) is 5.88 Å². The number of anilines is 1. The molecule has 0 aliphatic carbocycles. The summed E-state index contributed by atoms with van der Waals surface area (Å²) in [6, 6.07) is 27.3. The summed E-state index contributed by atoms with van der Waals surface area (Å²) in [5, 5.41) is 16.0. The summed E-state index contributed by atoms with van der Waals surface area (Å²) in [7, 11) is 1.95. The van der Waals surface area contributed by atoms with Gasteiger partial charge >= 0.3 is 10.9 Å². The Hall–Kier alpha value is -5.55. The lowest BCUT2D eigenvalue weighted by Gasteiger charge is -2.20. The van der Waals surface area contributed by atoms with Gasteiger partial charge < -0.3 is 29.8 Å². The second-order valence-electron chi connectivity index (χ2n) is 13.1. The van der Waals surface area contributed by atoms with Crippen molar-refractivity contribution in [2.45, 2.75) is 59.0 Å². The number of para-hydroxylation sites is 1. The lowest BCUT2D eigenvalue weighted by molar-refractivity contribution is 0.252. The second kappa shape index (κ2) is 15.6. The fourth-order valence-electron chi connectivity index (χ4n) is 5.95. The van der Waals surface area contributed by atoms with E-state index in [0.29, 0.717) is 53.3 Å². The van der Waals surface area contributed by atoms with Crippen molar-refractivity contribution in [1.82, 2.24) is 19.9 Å². The summed E-state index contributed by atoms with van der Waals surface area (Å²) < 4.78 is 14.2. The van der Waals surface area contributed by atoms with Gasteiger partial charge in [-0.05, 0) is 76.9 Å². The topological polar surface area (TPSA) is 130 Å². The highest BCUT2D eigenvalue weighted by Crippen LogP contribution is 2.32. The number of H-pyrrole nitrogens is 1. The van der Waals surface area contributed by atoms with Crippen molar-refractivity contribution in [2.24, 2.45) is 7.05 Å². The van der Waals surface area contributed by atoms with Crippen LogP contribution < -0.4 is 25.0 Å². The first kappa shape index (κ1) is 35.3. The Bertz CT molecular complexity index is 2160. The number of hydrogen-bond donors (Lipinski definition) is 4. The number of fused-ring (bicyclic) bond motifs is 1. The summed E-state index contributed by atoms with van der Waals surface area (Å²) in [6.45, 7) is 9.34. The molecule has 11 heteroatoms. The molecule has 2 amide bonds. The Balaban J connectivity index is 1.00. The molecular weight excluding hydrogens is 663 g/mol. The number of aromatic hydroxyl groups is 1. The highest BCUT2D eigenvalue weighted by atomic mass is 32.1. The molecule has 0 fully saturated rings. The van der Waals surface area contributed by atoms with Gasteiger partial charge in [0.1, 0.15) is 29.7 Å². The number of benzene rings is 4.